The van der Waals surface area contributed by atoms with Gasteiger partial charge in [0, 0.05) is 49.6 Å². The summed E-state index contributed by atoms with van der Waals surface area (Å²) in [5, 5.41) is 23.7. The molecule has 0 unspecified atom stereocenters. The van der Waals surface area contributed by atoms with Crippen LogP contribution in [0.3, 0.4) is 0 Å². The summed E-state index contributed by atoms with van der Waals surface area (Å²) in [6.45, 7) is 5.60. The number of aromatic nitrogens is 4. The Labute approximate surface area is 181 Å². The Morgan fingerprint density at radius 2 is 1.68 bits per heavy atom. The van der Waals surface area contributed by atoms with Gasteiger partial charge in [0.05, 0.1) is 11.5 Å². The predicted octanol–water partition coefficient (Wildman–Crippen LogP) is 3.24. The third-order valence-electron chi connectivity index (χ3n) is 5.60. The number of nitrogens with zero attached hydrogens (tertiary/aromatic N) is 7. The number of rotatable bonds is 9. The summed E-state index contributed by atoms with van der Waals surface area (Å²) in [7, 11) is 0. The summed E-state index contributed by atoms with van der Waals surface area (Å²) in [6, 6.07) is 16.8. The topological polar surface area (TPSA) is 93.2 Å². The van der Waals surface area contributed by atoms with Gasteiger partial charge in [-0.05, 0) is 30.7 Å². The zero-order chi connectivity index (χ0) is 21.5. The lowest BCUT2D eigenvalue weighted by atomic mass is 10.2. The molecule has 4 rings (SSSR count). The first-order valence-corrected chi connectivity index (χ1v) is 10.7. The smallest absolute Gasteiger partial charge is 0.271 e. The summed E-state index contributed by atoms with van der Waals surface area (Å²) >= 11 is 0. The number of aryl methyl sites for hydroxylation is 1. The van der Waals surface area contributed by atoms with Gasteiger partial charge in [0.1, 0.15) is 0 Å². The van der Waals surface area contributed by atoms with E-state index in [1.807, 2.05) is 36.4 Å². The maximum absolute atomic E-state index is 11.0. The molecule has 1 aromatic heterocycles. The average Bonchev–Trinajstić information content (AvgIpc) is 3.29. The third kappa shape index (κ3) is 5.64. The summed E-state index contributed by atoms with van der Waals surface area (Å²) in [5.74, 6) is 0.669. The van der Waals surface area contributed by atoms with Crippen LogP contribution in [0.25, 0.3) is 11.4 Å². The van der Waals surface area contributed by atoms with E-state index < -0.39 is 0 Å². The Hall–Kier alpha value is -3.33. The molecule has 9 heteroatoms. The maximum atomic E-state index is 11.0. The number of piperazine rings is 1. The molecule has 1 aliphatic heterocycles. The second kappa shape index (κ2) is 10.1. The predicted molar refractivity (Wildman–Crippen MR) is 119 cm³/mol. The van der Waals surface area contributed by atoms with Gasteiger partial charge in [-0.2, -0.15) is 4.80 Å². The number of hydrogen-bond donors (Lipinski definition) is 0. The molecule has 1 saturated heterocycles. The number of benzene rings is 2. The fraction of sp³-hybridized carbons (Fsp3) is 0.409. The molecule has 2 heterocycles. The van der Waals surface area contributed by atoms with E-state index in [2.05, 4.69) is 25.2 Å². The molecule has 1 fully saturated rings. The Bertz CT molecular complexity index is 984. The van der Waals surface area contributed by atoms with E-state index in [0.29, 0.717) is 5.82 Å². The SMILES string of the molecule is O=[N+]([O-])c1cccc(N2CCN(CCCCCn3nnc(-c4ccccc4)n3)CC2)c1. The lowest BCUT2D eigenvalue weighted by molar-refractivity contribution is -0.384. The number of hydrogen-bond acceptors (Lipinski definition) is 7. The molecule has 1 aliphatic rings. The first kappa shape index (κ1) is 20.9. The van der Waals surface area contributed by atoms with Crippen molar-refractivity contribution in [2.75, 3.05) is 37.6 Å². The molecule has 31 heavy (non-hydrogen) atoms. The summed E-state index contributed by atoms with van der Waals surface area (Å²) in [5.41, 5.74) is 2.07. The molecule has 0 atom stereocenters. The molecular formula is C22H27N7O2. The van der Waals surface area contributed by atoms with Crippen molar-refractivity contribution in [1.82, 2.24) is 25.1 Å². The molecular weight excluding hydrogens is 394 g/mol. The number of non-ortho nitro benzene ring substituents is 1. The van der Waals surface area contributed by atoms with Crippen LogP contribution in [0.2, 0.25) is 0 Å². The first-order valence-electron chi connectivity index (χ1n) is 10.7. The normalized spacial score (nSPS) is 14.6. The second-order valence-corrected chi connectivity index (χ2v) is 7.74. The minimum absolute atomic E-state index is 0.151. The molecule has 9 nitrogen and oxygen atoms in total. The molecule has 0 aliphatic carbocycles. The number of nitro benzene ring substituents is 1. The molecule has 0 bridgehead atoms. The van der Waals surface area contributed by atoms with Gasteiger partial charge >= 0.3 is 0 Å². The van der Waals surface area contributed by atoms with Crippen molar-refractivity contribution in [3.63, 3.8) is 0 Å². The largest absolute Gasteiger partial charge is 0.369 e. The van der Waals surface area contributed by atoms with Crippen LogP contribution in [-0.2, 0) is 6.54 Å². The van der Waals surface area contributed by atoms with Crippen LogP contribution >= 0.6 is 0 Å². The fourth-order valence-electron chi connectivity index (χ4n) is 3.84. The van der Waals surface area contributed by atoms with Crippen molar-refractivity contribution in [2.24, 2.45) is 0 Å². The van der Waals surface area contributed by atoms with E-state index in [4.69, 9.17) is 0 Å². The zero-order valence-corrected chi connectivity index (χ0v) is 17.5. The summed E-state index contributed by atoms with van der Waals surface area (Å²) < 4.78 is 0. The monoisotopic (exact) mass is 421 g/mol. The highest BCUT2D eigenvalue weighted by Crippen LogP contribution is 2.22. The van der Waals surface area contributed by atoms with Crippen molar-refractivity contribution < 1.29 is 4.92 Å². The van der Waals surface area contributed by atoms with E-state index in [9.17, 15) is 10.1 Å². The van der Waals surface area contributed by atoms with Crippen LogP contribution in [0.15, 0.2) is 54.6 Å². The van der Waals surface area contributed by atoms with E-state index in [1.54, 1.807) is 16.9 Å². The number of anilines is 1. The van der Waals surface area contributed by atoms with E-state index in [-0.39, 0.29) is 10.6 Å². The van der Waals surface area contributed by atoms with Crippen LogP contribution in [-0.4, -0.2) is 62.8 Å². The highest BCUT2D eigenvalue weighted by molar-refractivity contribution is 5.54. The molecule has 0 saturated carbocycles. The van der Waals surface area contributed by atoms with Gasteiger partial charge in [0.25, 0.3) is 5.69 Å². The number of tetrazole rings is 1. The Kier molecular flexibility index (Phi) is 6.83. The van der Waals surface area contributed by atoms with Gasteiger partial charge in [0.2, 0.25) is 5.82 Å². The van der Waals surface area contributed by atoms with Crippen molar-refractivity contribution >= 4 is 11.4 Å². The molecule has 0 N–H and O–H groups in total. The van der Waals surface area contributed by atoms with E-state index in [0.717, 1.165) is 69.8 Å². The molecule has 0 spiro atoms. The van der Waals surface area contributed by atoms with Crippen molar-refractivity contribution in [1.29, 1.82) is 0 Å². The maximum Gasteiger partial charge on any atom is 0.271 e. The van der Waals surface area contributed by atoms with Crippen LogP contribution < -0.4 is 4.90 Å². The highest BCUT2D eigenvalue weighted by atomic mass is 16.6. The average molecular weight is 422 g/mol. The number of unbranched alkanes of at least 4 members (excludes halogenated alkanes) is 2. The van der Waals surface area contributed by atoms with E-state index >= 15 is 0 Å². The standard InChI is InChI=1S/C22H27N7O2/c30-29(31)21-11-7-10-20(18-21)27-16-14-26(15-17-27)12-5-2-6-13-28-24-22(23-25-28)19-8-3-1-4-9-19/h1,3-4,7-11,18H,2,5-6,12-17H2. The van der Waals surface area contributed by atoms with Crippen LogP contribution in [0.1, 0.15) is 19.3 Å². The minimum atomic E-state index is -0.336. The lowest BCUT2D eigenvalue weighted by Crippen LogP contribution is -2.46. The van der Waals surface area contributed by atoms with Gasteiger partial charge in [-0.1, -0.05) is 42.8 Å². The van der Waals surface area contributed by atoms with Gasteiger partial charge in [-0.15, -0.1) is 10.2 Å². The third-order valence-corrected chi connectivity index (χ3v) is 5.60. The van der Waals surface area contributed by atoms with Crippen LogP contribution in [0.4, 0.5) is 11.4 Å². The van der Waals surface area contributed by atoms with E-state index in [1.165, 1.54) is 6.07 Å². The zero-order valence-electron chi connectivity index (χ0n) is 17.5. The quantitative estimate of drug-likeness (QED) is 0.297. The fourth-order valence-corrected chi connectivity index (χ4v) is 3.84. The minimum Gasteiger partial charge on any atom is -0.369 e. The van der Waals surface area contributed by atoms with Crippen molar-refractivity contribution in [2.45, 2.75) is 25.8 Å². The van der Waals surface area contributed by atoms with Gasteiger partial charge in [-0.3, -0.25) is 15.0 Å². The van der Waals surface area contributed by atoms with Gasteiger partial charge in [0.15, 0.2) is 0 Å². The summed E-state index contributed by atoms with van der Waals surface area (Å²) in [4.78, 5) is 17.0. The molecule has 2 aromatic carbocycles. The molecule has 3 aromatic rings. The molecule has 0 amide bonds. The highest BCUT2D eigenvalue weighted by Gasteiger charge is 2.18. The van der Waals surface area contributed by atoms with Gasteiger partial charge in [-0.25, -0.2) is 0 Å². The Morgan fingerprint density at radius 3 is 2.45 bits per heavy atom. The number of nitro groups is 1. The molecule has 162 valence electrons. The second-order valence-electron chi connectivity index (χ2n) is 7.74. The molecule has 0 radical (unpaired) electrons. The first-order chi connectivity index (χ1) is 15.2. The van der Waals surface area contributed by atoms with Crippen molar-refractivity contribution in [3.8, 4) is 11.4 Å². The summed E-state index contributed by atoms with van der Waals surface area (Å²) in [6.07, 6.45) is 3.28. The Balaban J connectivity index is 1.14. The van der Waals surface area contributed by atoms with Crippen LogP contribution in [0, 0.1) is 10.1 Å². The Morgan fingerprint density at radius 1 is 0.903 bits per heavy atom. The van der Waals surface area contributed by atoms with Crippen molar-refractivity contribution in [3.05, 3.63) is 64.7 Å². The van der Waals surface area contributed by atoms with Crippen LogP contribution in [0.5, 0.6) is 0 Å². The van der Waals surface area contributed by atoms with Gasteiger partial charge < -0.3 is 4.90 Å². The lowest BCUT2D eigenvalue weighted by Gasteiger charge is -2.36.